The van der Waals surface area contributed by atoms with Crippen LogP contribution in [0.5, 0.6) is 0 Å². The van der Waals surface area contributed by atoms with Crippen molar-refractivity contribution in [2.24, 2.45) is 0 Å². The Labute approximate surface area is 172 Å². The van der Waals surface area contributed by atoms with Gasteiger partial charge < -0.3 is 0 Å². The Bertz CT molecular complexity index is 1000. The first-order chi connectivity index (χ1) is 14.0. The van der Waals surface area contributed by atoms with Gasteiger partial charge in [-0.2, -0.15) is 0 Å². The molecule has 0 aliphatic rings. The highest BCUT2D eigenvalue weighted by molar-refractivity contribution is 6.14. The summed E-state index contributed by atoms with van der Waals surface area (Å²) in [7, 11) is 0. The maximum atomic E-state index is 12.9. The van der Waals surface area contributed by atoms with Crippen LogP contribution in [0.25, 0.3) is 12.2 Å². The Morgan fingerprint density at radius 3 is 1.38 bits per heavy atom. The van der Waals surface area contributed by atoms with E-state index in [0.717, 1.165) is 27.8 Å². The van der Waals surface area contributed by atoms with E-state index in [0.29, 0.717) is 11.1 Å². The fourth-order valence-corrected chi connectivity index (χ4v) is 3.58. The summed E-state index contributed by atoms with van der Waals surface area (Å²) in [6, 6.07) is 21.3. The van der Waals surface area contributed by atoms with E-state index >= 15 is 0 Å². The summed E-state index contributed by atoms with van der Waals surface area (Å²) in [5, 5.41) is 0. The van der Waals surface area contributed by atoms with E-state index in [9.17, 15) is 9.59 Å². The number of hydrogen-bond donors (Lipinski definition) is 0. The standard InChI is InChI=1S/C27H24O2/c1-19-18-20(2)27(25(29)17-15-23-12-8-5-9-13-23)21(3)26(19)24(28)16-14-22-10-6-4-7-11-22/h4-18H,1-3H3. The fraction of sp³-hybridized carbons (Fsp3) is 0.111. The molecule has 0 aliphatic carbocycles. The number of hydrogen-bond acceptors (Lipinski definition) is 2. The highest BCUT2D eigenvalue weighted by Crippen LogP contribution is 2.24. The summed E-state index contributed by atoms with van der Waals surface area (Å²) in [4.78, 5) is 25.8. The van der Waals surface area contributed by atoms with Gasteiger partial charge in [-0.25, -0.2) is 0 Å². The number of ketones is 2. The molecule has 0 bridgehead atoms. The Morgan fingerprint density at radius 2 is 1.00 bits per heavy atom. The lowest BCUT2D eigenvalue weighted by atomic mass is 9.89. The van der Waals surface area contributed by atoms with Crippen molar-refractivity contribution in [3.05, 3.63) is 118 Å². The van der Waals surface area contributed by atoms with Crippen LogP contribution in [0.3, 0.4) is 0 Å². The van der Waals surface area contributed by atoms with E-state index in [1.54, 1.807) is 24.3 Å². The first-order valence-electron chi connectivity index (χ1n) is 9.63. The molecule has 0 unspecified atom stereocenters. The van der Waals surface area contributed by atoms with E-state index in [1.807, 2.05) is 87.5 Å². The van der Waals surface area contributed by atoms with Gasteiger partial charge in [0.1, 0.15) is 0 Å². The molecule has 0 N–H and O–H groups in total. The monoisotopic (exact) mass is 380 g/mol. The smallest absolute Gasteiger partial charge is 0.186 e. The van der Waals surface area contributed by atoms with Gasteiger partial charge in [-0.05, 0) is 60.7 Å². The molecule has 0 heterocycles. The highest BCUT2D eigenvalue weighted by Gasteiger charge is 2.18. The number of carbonyl (C=O) groups excluding carboxylic acids is 2. The summed E-state index contributed by atoms with van der Waals surface area (Å²) in [6.07, 6.45) is 6.76. The third kappa shape index (κ3) is 4.85. The van der Waals surface area contributed by atoms with Crippen LogP contribution in [0.15, 0.2) is 78.9 Å². The van der Waals surface area contributed by atoms with Gasteiger partial charge in [0.15, 0.2) is 11.6 Å². The molecule has 3 aromatic rings. The van der Waals surface area contributed by atoms with Crippen molar-refractivity contribution in [2.45, 2.75) is 20.8 Å². The number of rotatable bonds is 6. The van der Waals surface area contributed by atoms with E-state index in [4.69, 9.17) is 0 Å². The molecule has 29 heavy (non-hydrogen) atoms. The van der Waals surface area contributed by atoms with Crippen molar-refractivity contribution in [1.29, 1.82) is 0 Å². The minimum Gasteiger partial charge on any atom is -0.289 e. The van der Waals surface area contributed by atoms with Gasteiger partial charge >= 0.3 is 0 Å². The molecule has 0 aliphatic heterocycles. The van der Waals surface area contributed by atoms with Gasteiger partial charge in [-0.1, -0.05) is 78.9 Å². The second-order valence-corrected chi connectivity index (χ2v) is 7.10. The first-order valence-corrected chi connectivity index (χ1v) is 9.63. The van der Waals surface area contributed by atoms with Crippen LogP contribution in [-0.4, -0.2) is 11.6 Å². The summed E-state index contributed by atoms with van der Waals surface area (Å²) in [5.41, 5.74) is 5.61. The average molecular weight is 380 g/mol. The van der Waals surface area contributed by atoms with Gasteiger partial charge in [-0.3, -0.25) is 9.59 Å². The van der Waals surface area contributed by atoms with Crippen LogP contribution in [0, 0.1) is 20.8 Å². The van der Waals surface area contributed by atoms with Crippen molar-refractivity contribution in [3.63, 3.8) is 0 Å². The van der Waals surface area contributed by atoms with Crippen molar-refractivity contribution in [3.8, 4) is 0 Å². The molecule has 0 radical (unpaired) electrons. The molecule has 0 saturated heterocycles. The van der Waals surface area contributed by atoms with E-state index in [1.165, 1.54) is 0 Å². The summed E-state index contributed by atoms with van der Waals surface area (Å²) in [6.45, 7) is 5.68. The summed E-state index contributed by atoms with van der Waals surface area (Å²) >= 11 is 0. The molecule has 0 fully saturated rings. The zero-order valence-electron chi connectivity index (χ0n) is 17.0. The molecule has 2 nitrogen and oxygen atoms in total. The zero-order valence-corrected chi connectivity index (χ0v) is 17.0. The third-order valence-electron chi connectivity index (χ3n) is 4.92. The number of aryl methyl sites for hydroxylation is 2. The lowest BCUT2D eigenvalue weighted by Crippen LogP contribution is -2.10. The van der Waals surface area contributed by atoms with Crippen molar-refractivity contribution < 1.29 is 9.59 Å². The van der Waals surface area contributed by atoms with Gasteiger partial charge in [-0.15, -0.1) is 0 Å². The summed E-state index contributed by atoms with van der Waals surface area (Å²) in [5.74, 6) is -0.185. The van der Waals surface area contributed by atoms with Gasteiger partial charge in [0.25, 0.3) is 0 Å². The third-order valence-corrected chi connectivity index (χ3v) is 4.92. The average Bonchev–Trinajstić information content (AvgIpc) is 2.72. The maximum absolute atomic E-state index is 12.9. The summed E-state index contributed by atoms with van der Waals surface area (Å²) < 4.78 is 0. The predicted molar refractivity (Wildman–Crippen MR) is 120 cm³/mol. The molecule has 3 rings (SSSR count). The van der Waals surface area contributed by atoms with Crippen LogP contribution < -0.4 is 0 Å². The normalized spacial score (nSPS) is 11.3. The number of carbonyl (C=O) groups is 2. The van der Waals surface area contributed by atoms with Gasteiger partial charge in [0.05, 0.1) is 0 Å². The van der Waals surface area contributed by atoms with E-state index in [2.05, 4.69) is 0 Å². The molecule has 0 saturated carbocycles. The molecule has 2 heteroatoms. The quantitative estimate of drug-likeness (QED) is 0.366. The molecular formula is C27H24O2. The highest BCUT2D eigenvalue weighted by atomic mass is 16.1. The molecule has 3 aromatic carbocycles. The second kappa shape index (κ2) is 9.11. The fourth-order valence-electron chi connectivity index (χ4n) is 3.58. The largest absolute Gasteiger partial charge is 0.289 e. The lowest BCUT2D eigenvalue weighted by molar-refractivity contribution is 0.104. The van der Waals surface area contributed by atoms with Gasteiger partial charge in [0, 0.05) is 11.1 Å². The first kappa shape index (κ1) is 20.2. The van der Waals surface area contributed by atoms with E-state index < -0.39 is 0 Å². The van der Waals surface area contributed by atoms with Gasteiger partial charge in [0.2, 0.25) is 0 Å². The van der Waals surface area contributed by atoms with Crippen LogP contribution in [0.1, 0.15) is 48.5 Å². The minimum absolute atomic E-state index is 0.0926. The van der Waals surface area contributed by atoms with E-state index in [-0.39, 0.29) is 11.6 Å². The molecular weight excluding hydrogens is 356 g/mol. The number of allylic oxidation sites excluding steroid dienone is 2. The molecule has 0 spiro atoms. The Kier molecular flexibility index (Phi) is 6.36. The van der Waals surface area contributed by atoms with Crippen molar-refractivity contribution in [2.75, 3.05) is 0 Å². The van der Waals surface area contributed by atoms with Crippen molar-refractivity contribution in [1.82, 2.24) is 0 Å². The van der Waals surface area contributed by atoms with Crippen LogP contribution >= 0.6 is 0 Å². The molecule has 0 amide bonds. The lowest BCUT2D eigenvalue weighted by Gasteiger charge is -2.14. The Hall–Kier alpha value is -3.52. The van der Waals surface area contributed by atoms with Crippen LogP contribution in [0.2, 0.25) is 0 Å². The topological polar surface area (TPSA) is 34.1 Å². The minimum atomic E-state index is -0.0926. The Morgan fingerprint density at radius 1 is 0.621 bits per heavy atom. The second-order valence-electron chi connectivity index (χ2n) is 7.10. The maximum Gasteiger partial charge on any atom is 0.186 e. The van der Waals surface area contributed by atoms with Crippen LogP contribution in [0.4, 0.5) is 0 Å². The van der Waals surface area contributed by atoms with Crippen LogP contribution in [-0.2, 0) is 0 Å². The van der Waals surface area contributed by atoms with Crippen molar-refractivity contribution >= 4 is 23.7 Å². The predicted octanol–water partition coefficient (Wildman–Crippen LogP) is 6.40. The zero-order chi connectivity index (χ0) is 20.8. The number of benzene rings is 3. The molecule has 144 valence electrons. The SMILES string of the molecule is Cc1cc(C)c(C(=O)C=Cc2ccccc2)c(C)c1C(=O)C=Cc1ccccc1. The molecule has 0 atom stereocenters. The molecule has 0 aromatic heterocycles. The Balaban J connectivity index is 1.93.